The van der Waals surface area contributed by atoms with Crippen molar-refractivity contribution in [3.05, 3.63) is 34.7 Å². The number of nitrogens with one attached hydrogen (secondary N) is 1. The quantitative estimate of drug-likeness (QED) is 0.669. The number of halogens is 2. The minimum absolute atomic E-state index is 0.0764. The zero-order valence-electron chi connectivity index (χ0n) is 10.6. The van der Waals surface area contributed by atoms with Gasteiger partial charge in [0, 0.05) is 17.1 Å². The van der Waals surface area contributed by atoms with Gasteiger partial charge in [-0.15, -0.1) is 0 Å². The van der Waals surface area contributed by atoms with Crippen molar-refractivity contribution in [1.29, 1.82) is 0 Å². The van der Waals surface area contributed by atoms with E-state index in [9.17, 15) is 9.18 Å². The van der Waals surface area contributed by atoms with E-state index in [1.807, 2.05) is 6.92 Å². The Morgan fingerprint density at radius 3 is 3.00 bits per heavy atom. The van der Waals surface area contributed by atoms with Gasteiger partial charge in [-0.3, -0.25) is 4.79 Å². The van der Waals surface area contributed by atoms with Crippen LogP contribution in [0, 0.1) is 5.82 Å². The third-order valence-electron chi connectivity index (χ3n) is 2.89. The summed E-state index contributed by atoms with van der Waals surface area (Å²) in [6.45, 7) is 2.39. The van der Waals surface area contributed by atoms with Crippen LogP contribution in [0.5, 0.6) is 0 Å². The normalized spacial score (nSPS) is 10.9. The van der Waals surface area contributed by atoms with Gasteiger partial charge >= 0.3 is 5.97 Å². The Labute approximate surface area is 115 Å². The smallest absolute Gasteiger partial charge is 0.310 e. The molecule has 1 N–H and O–H groups in total. The van der Waals surface area contributed by atoms with Gasteiger partial charge in [0.1, 0.15) is 5.82 Å². The summed E-state index contributed by atoms with van der Waals surface area (Å²) in [5.41, 5.74) is 0.918. The second-order valence-electron chi connectivity index (χ2n) is 4.38. The van der Waals surface area contributed by atoms with Crippen LogP contribution in [0.2, 0.25) is 5.02 Å². The molecule has 0 amide bonds. The Balaban J connectivity index is 2.13. The average molecular weight is 284 g/mol. The Morgan fingerprint density at radius 2 is 2.26 bits per heavy atom. The largest absolute Gasteiger partial charge is 0.465 e. The number of hydrogen-bond acceptors (Lipinski definition) is 2. The van der Waals surface area contributed by atoms with Gasteiger partial charge in [-0.05, 0) is 24.1 Å². The topological polar surface area (TPSA) is 42.1 Å². The summed E-state index contributed by atoms with van der Waals surface area (Å²) in [5.74, 6) is -0.850. The molecule has 0 aliphatic heterocycles. The summed E-state index contributed by atoms with van der Waals surface area (Å²) in [5, 5.41) is 1.22. The van der Waals surface area contributed by atoms with Gasteiger partial charge in [-0.25, -0.2) is 4.39 Å². The minimum Gasteiger partial charge on any atom is -0.465 e. The Kier molecular flexibility index (Phi) is 4.43. The van der Waals surface area contributed by atoms with E-state index < -0.39 is 11.8 Å². The van der Waals surface area contributed by atoms with Crippen LogP contribution in [-0.2, 0) is 16.0 Å². The molecular formula is C14H15ClFNO2. The van der Waals surface area contributed by atoms with Crippen molar-refractivity contribution in [3.63, 3.8) is 0 Å². The molecule has 1 aromatic heterocycles. The summed E-state index contributed by atoms with van der Waals surface area (Å²) in [6.07, 6.45) is 3.28. The molecule has 0 aliphatic carbocycles. The van der Waals surface area contributed by atoms with Gasteiger partial charge < -0.3 is 9.72 Å². The number of benzene rings is 1. The van der Waals surface area contributed by atoms with Crippen LogP contribution in [0.25, 0.3) is 10.9 Å². The number of H-pyrrole nitrogens is 1. The number of unbranched alkanes of at least 4 members (excludes halogenated alkanes) is 1. The van der Waals surface area contributed by atoms with E-state index >= 15 is 0 Å². The van der Waals surface area contributed by atoms with E-state index in [1.54, 1.807) is 12.3 Å². The lowest BCUT2D eigenvalue weighted by Gasteiger charge is -2.05. The molecule has 2 rings (SSSR count). The second-order valence-corrected chi connectivity index (χ2v) is 4.78. The van der Waals surface area contributed by atoms with Gasteiger partial charge in [-0.2, -0.15) is 0 Å². The van der Waals surface area contributed by atoms with Crippen molar-refractivity contribution in [2.24, 2.45) is 0 Å². The standard InChI is InChI=1S/C14H15ClFNO2/c1-2-3-4-19-14(18)6-9-5-10-11(15)8-17-13(10)7-12(9)16/h5,7-8,17H,2-4,6H2,1H3. The first-order valence-corrected chi connectivity index (χ1v) is 6.60. The molecule has 1 heterocycles. The molecule has 3 nitrogen and oxygen atoms in total. The zero-order chi connectivity index (χ0) is 13.8. The van der Waals surface area contributed by atoms with Gasteiger partial charge in [0.25, 0.3) is 0 Å². The Morgan fingerprint density at radius 1 is 1.47 bits per heavy atom. The highest BCUT2D eigenvalue weighted by Crippen LogP contribution is 2.26. The summed E-state index contributed by atoms with van der Waals surface area (Å²) in [6, 6.07) is 2.93. The highest BCUT2D eigenvalue weighted by atomic mass is 35.5. The third-order valence-corrected chi connectivity index (χ3v) is 3.21. The monoisotopic (exact) mass is 283 g/mol. The minimum atomic E-state index is -0.432. The van der Waals surface area contributed by atoms with Gasteiger partial charge in [0.15, 0.2) is 0 Å². The van der Waals surface area contributed by atoms with Crippen LogP contribution in [0.3, 0.4) is 0 Å². The molecule has 0 unspecified atom stereocenters. The van der Waals surface area contributed by atoms with Crippen molar-refractivity contribution in [1.82, 2.24) is 4.98 Å². The summed E-state index contributed by atoms with van der Waals surface area (Å²) >= 11 is 5.97. The molecule has 0 aliphatic rings. The number of ether oxygens (including phenoxy) is 1. The number of carbonyl (C=O) groups is 1. The molecule has 2 aromatic rings. The summed E-state index contributed by atoms with van der Waals surface area (Å²) in [4.78, 5) is 14.4. The maximum absolute atomic E-state index is 13.8. The Hall–Kier alpha value is -1.55. The van der Waals surface area contributed by atoms with E-state index in [0.717, 1.165) is 12.8 Å². The van der Waals surface area contributed by atoms with Gasteiger partial charge in [0.05, 0.1) is 18.1 Å². The van der Waals surface area contributed by atoms with Crippen LogP contribution in [-0.4, -0.2) is 17.6 Å². The van der Waals surface area contributed by atoms with Crippen molar-refractivity contribution in [3.8, 4) is 0 Å². The molecule has 0 atom stereocenters. The SMILES string of the molecule is CCCCOC(=O)Cc1cc2c(Cl)c[nH]c2cc1F. The second kappa shape index (κ2) is 6.06. The predicted octanol–water partition coefficient (Wildman–Crippen LogP) is 3.85. The molecule has 0 radical (unpaired) electrons. The fourth-order valence-electron chi connectivity index (χ4n) is 1.83. The van der Waals surface area contributed by atoms with Crippen LogP contribution < -0.4 is 0 Å². The van der Waals surface area contributed by atoms with Crippen molar-refractivity contribution in [2.75, 3.05) is 6.61 Å². The fraction of sp³-hybridized carbons (Fsp3) is 0.357. The van der Waals surface area contributed by atoms with Gasteiger partial charge in [-0.1, -0.05) is 24.9 Å². The molecule has 0 fully saturated rings. The number of carbonyl (C=O) groups excluding carboxylic acids is 1. The number of aromatic nitrogens is 1. The third kappa shape index (κ3) is 3.26. The molecular weight excluding hydrogens is 269 g/mol. The zero-order valence-corrected chi connectivity index (χ0v) is 11.4. The highest BCUT2D eigenvalue weighted by molar-refractivity contribution is 6.35. The maximum Gasteiger partial charge on any atom is 0.310 e. The molecule has 0 saturated heterocycles. The first kappa shape index (κ1) is 13.9. The van der Waals surface area contributed by atoms with Crippen LogP contribution in [0.1, 0.15) is 25.3 Å². The molecule has 102 valence electrons. The number of hydrogen-bond donors (Lipinski definition) is 1. The van der Waals surface area contributed by atoms with Crippen molar-refractivity contribution < 1.29 is 13.9 Å². The Bertz CT molecular complexity index is 594. The molecule has 1 aromatic carbocycles. The molecule has 5 heteroatoms. The lowest BCUT2D eigenvalue weighted by molar-refractivity contribution is -0.142. The maximum atomic E-state index is 13.8. The van der Waals surface area contributed by atoms with Crippen LogP contribution in [0.15, 0.2) is 18.3 Å². The van der Waals surface area contributed by atoms with Crippen molar-refractivity contribution in [2.45, 2.75) is 26.2 Å². The van der Waals surface area contributed by atoms with E-state index in [4.69, 9.17) is 16.3 Å². The van der Waals surface area contributed by atoms with E-state index in [-0.39, 0.29) is 6.42 Å². The van der Waals surface area contributed by atoms with Crippen LogP contribution in [0.4, 0.5) is 4.39 Å². The van der Waals surface area contributed by atoms with Gasteiger partial charge in [0.2, 0.25) is 0 Å². The molecule has 19 heavy (non-hydrogen) atoms. The van der Waals surface area contributed by atoms with Crippen LogP contribution >= 0.6 is 11.6 Å². The first-order chi connectivity index (χ1) is 9.11. The average Bonchev–Trinajstić information content (AvgIpc) is 2.72. The molecule has 0 bridgehead atoms. The summed E-state index contributed by atoms with van der Waals surface area (Å²) in [7, 11) is 0. The number of aromatic amines is 1. The van der Waals surface area contributed by atoms with Crippen molar-refractivity contribution >= 4 is 28.5 Å². The lowest BCUT2D eigenvalue weighted by Crippen LogP contribution is -2.10. The highest BCUT2D eigenvalue weighted by Gasteiger charge is 2.12. The fourth-order valence-corrected chi connectivity index (χ4v) is 2.04. The number of rotatable bonds is 5. The number of fused-ring (bicyclic) bond motifs is 1. The predicted molar refractivity (Wildman–Crippen MR) is 72.8 cm³/mol. The number of esters is 1. The molecule has 0 saturated carbocycles. The van der Waals surface area contributed by atoms with E-state index in [0.29, 0.717) is 28.1 Å². The van der Waals surface area contributed by atoms with E-state index in [1.165, 1.54) is 6.07 Å². The first-order valence-electron chi connectivity index (χ1n) is 6.22. The lowest BCUT2D eigenvalue weighted by atomic mass is 10.1. The summed E-state index contributed by atoms with van der Waals surface area (Å²) < 4.78 is 18.8. The van der Waals surface area contributed by atoms with E-state index in [2.05, 4.69) is 4.98 Å². The molecule has 0 spiro atoms.